The van der Waals surface area contributed by atoms with Crippen LogP contribution in [0.3, 0.4) is 0 Å². The molecule has 0 amide bonds. The van der Waals surface area contributed by atoms with Crippen LogP contribution in [0.4, 0.5) is 0 Å². The number of nitrogens with zero attached hydrogens (tertiary/aromatic N) is 1. The van der Waals surface area contributed by atoms with Gasteiger partial charge in [0.25, 0.3) is 0 Å². The maximum Gasteiger partial charge on any atom is 0.122 e. The Hall–Kier alpha value is -1.39. The van der Waals surface area contributed by atoms with E-state index in [-0.39, 0.29) is 5.84 Å². The highest BCUT2D eigenvalue weighted by molar-refractivity contribution is 5.94. The van der Waals surface area contributed by atoms with Crippen LogP contribution in [-0.4, -0.2) is 36.5 Å². The number of hydrogen-bond donors (Lipinski definition) is 2. The molecule has 0 saturated carbocycles. The first-order chi connectivity index (χ1) is 9.69. The highest BCUT2D eigenvalue weighted by Gasteiger charge is 2.20. The van der Waals surface area contributed by atoms with Crippen LogP contribution < -0.4 is 5.73 Å². The summed E-state index contributed by atoms with van der Waals surface area (Å²) in [6, 6.07) is 7.97. The zero-order chi connectivity index (χ0) is 14.4. The van der Waals surface area contributed by atoms with Gasteiger partial charge in [0.1, 0.15) is 5.84 Å². The predicted octanol–water partition coefficient (Wildman–Crippen LogP) is 2.36. The van der Waals surface area contributed by atoms with Crippen LogP contribution in [0.5, 0.6) is 0 Å². The fraction of sp³-hybridized carbons (Fsp3) is 0.562. The average molecular weight is 275 g/mol. The molecule has 1 aromatic carbocycles. The van der Waals surface area contributed by atoms with E-state index in [9.17, 15) is 0 Å². The largest absolute Gasteiger partial charge is 0.384 e. The first-order valence-corrected chi connectivity index (χ1v) is 7.46. The number of ether oxygens (including phenoxy) is 1. The van der Waals surface area contributed by atoms with Crippen molar-refractivity contribution in [3.63, 3.8) is 0 Å². The van der Waals surface area contributed by atoms with Crippen LogP contribution in [-0.2, 0) is 11.3 Å². The van der Waals surface area contributed by atoms with Crippen molar-refractivity contribution in [3.8, 4) is 0 Å². The van der Waals surface area contributed by atoms with E-state index in [1.807, 2.05) is 12.1 Å². The predicted molar refractivity (Wildman–Crippen MR) is 82.0 cm³/mol. The second-order valence-corrected chi connectivity index (χ2v) is 5.48. The molecule has 1 aliphatic rings. The van der Waals surface area contributed by atoms with Crippen LogP contribution in [0.15, 0.2) is 24.3 Å². The third-order valence-corrected chi connectivity index (χ3v) is 3.69. The maximum absolute atomic E-state index is 7.40. The van der Waals surface area contributed by atoms with E-state index in [4.69, 9.17) is 15.9 Å². The van der Waals surface area contributed by atoms with Gasteiger partial charge in [-0.15, -0.1) is 0 Å². The van der Waals surface area contributed by atoms with Crippen LogP contribution >= 0.6 is 0 Å². The molecule has 2 rings (SSSR count). The van der Waals surface area contributed by atoms with E-state index >= 15 is 0 Å². The van der Waals surface area contributed by atoms with Crippen molar-refractivity contribution in [3.05, 3.63) is 35.4 Å². The topological polar surface area (TPSA) is 62.3 Å². The van der Waals surface area contributed by atoms with Crippen LogP contribution in [0, 0.1) is 5.41 Å². The van der Waals surface area contributed by atoms with Gasteiger partial charge >= 0.3 is 0 Å². The van der Waals surface area contributed by atoms with Gasteiger partial charge < -0.3 is 10.5 Å². The first-order valence-electron chi connectivity index (χ1n) is 7.46. The Balaban J connectivity index is 1.87. The number of likely N-dealkylation sites (tertiary alicyclic amines) is 1. The van der Waals surface area contributed by atoms with Gasteiger partial charge in [0.15, 0.2) is 0 Å². The van der Waals surface area contributed by atoms with Gasteiger partial charge in [0, 0.05) is 25.3 Å². The van der Waals surface area contributed by atoms with Crippen molar-refractivity contribution < 1.29 is 4.74 Å². The van der Waals surface area contributed by atoms with E-state index in [0.717, 1.165) is 38.2 Å². The summed E-state index contributed by atoms with van der Waals surface area (Å²) in [7, 11) is 0. The van der Waals surface area contributed by atoms with Crippen LogP contribution in [0.25, 0.3) is 0 Å². The second kappa shape index (κ2) is 7.41. The van der Waals surface area contributed by atoms with E-state index in [2.05, 4.69) is 24.0 Å². The number of nitrogens with two attached hydrogens (primary N) is 1. The van der Waals surface area contributed by atoms with Crippen molar-refractivity contribution in [2.24, 2.45) is 5.73 Å². The molecule has 3 N–H and O–H groups in total. The fourth-order valence-corrected chi connectivity index (χ4v) is 2.63. The molecular formula is C16H25N3O. The molecule has 0 radical (unpaired) electrons. The van der Waals surface area contributed by atoms with Gasteiger partial charge in [0.05, 0.1) is 6.10 Å². The molecule has 0 aliphatic carbocycles. The SMILES string of the molecule is CCCOC1CCCN(Cc2ccc(C(=N)N)cc2)C1. The Morgan fingerprint density at radius 3 is 2.80 bits per heavy atom. The molecule has 20 heavy (non-hydrogen) atoms. The third kappa shape index (κ3) is 4.32. The number of benzene rings is 1. The molecule has 1 fully saturated rings. The summed E-state index contributed by atoms with van der Waals surface area (Å²) < 4.78 is 5.86. The van der Waals surface area contributed by atoms with Crippen molar-refractivity contribution in [1.82, 2.24) is 4.90 Å². The van der Waals surface area contributed by atoms with Crippen LogP contribution in [0.2, 0.25) is 0 Å². The quantitative estimate of drug-likeness (QED) is 0.619. The molecule has 0 spiro atoms. The van der Waals surface area contributed by atoms with Crippen LogP contribution in [0.1, 0.15) is 37.3 Å². The smallest absolute Gasteiger partial charge is 0.122 e. The number of hydrogen-bond acceptors (Lipinski definition) is 3. The molecule has 1 aromatic rings. The molecule has 1 unspecified atom stereocenters. The Morgan fingerprint density at radius 2 is 2.15 bits per heavy atom. The molecule has 0 bridgehead atoms. The number of piperidine rings is 1. The normalized spacial score (nSPS) is 19.9. The van der Waals surface area contributed by atoms with Crippen molar-refractivity contribution in [2.45, 2.75) is 38.8 Å². The molecule has 4 heteroatoms. The van der Waals surface area contributed by atoms with E-state index in [1.54, 1.807) is 0 Å². The monoisotopic (exact) mass is 275 g/mol. The Bertz CT molecular complexity index is 430. The standard InChI is InChI=1S/C16H25N3O/c1-2-10-20-15-4-3-9-19(12-15)11-13-5-7-14(8-6-13)16(17)18/h5-8,15H,2-4,9-12H2,1H3,(H3,17,18). The first kappa shape index (κ1) is 15.0. The zero-order valence-electron chi connectivity index (χ0n) is 12.3. The van der Waals surface area contributed by atoms with Gasteiger partial charge in [-0.1, -0.05) is 31.2 Å². The van der Waals surface area contributed by atoms with Crippen molar-refractivity contribution in [1.29, 1.82) is 5.41 Å². The minimum atomic E-state index is 0.127. The third-order valence-electron chi connectivity index (χ3n) is 3.69. The molecule has 4 nitrogen and oxygen atoms in total. The fourth-order valence-electron chi connectivity index (χ4n) is 2.63. The van der Waals surface area contributed by atoms with Gasteiger partial charge in [-0.05, 0) is 31.4 Å². The minimum absolute atomic E-state index is 0.127. The average Bonchev–Trinajstić information content (AvgIpc) is 2.46. The number of nitrogens with one attached hydrogen (secondary N) is 1. The van der Waals surface area contributed by atoms with E-state index in [0.29, 0.717) is 6.10 Å². The minimum Gasteiger partial charge on any atom is -0.384 e. The van der Waals surface area contributed by atoms with Crippen molar-refractivity contribution in [2.75, 3.05) is 19.7 Å². The highest BCUT2D eigenvalue weighted by atomic mass is 16.5. The summed E-state index contributed by atoms with van der Waals surface area (Å²) in [5.74, 6) is 0.127. The van der Waals surface area contributed by atoms with Gasteiger partial charge in [-0.3, -0.25) is 10.3 Å². The highest BCUT2D eigenvalue weighted by Crippen LogP contribution is 2.16. The number of rotatable bonds is 6. The lowest BCUT2D eigenvalue weighted by atomic mass is 10.1. The summed E-state index contributed by atoms with van der Waals surface area (Å²) in [6.07, 6.45) is 3.86. The molecule has 1 saturated heterocycles. The lowest BCUT2D eigenvalue weighted by Gasteiger charge is -2.32. The van der Waals surface area contributed by atoms with Gasteiger partial charge in [-0.2, -0.15) is 0 Å². The lowest BCUT2D eigenvalue weighted by molar-refractivity contribution is -0.00222. The Labute approximate surface area is 121 Å². The summed E-state index contributed by atoms with van der Waals surface area (Å²) >= 11 is 0. The van der Waals surface area contributed by atoms with Gasteiger partial charge in [-0.25, -0.2) is 0 Å². The van der Waals surface area contributed by atoms with Gasteiger partial charge in [0.2, 0.25) is 0 Å². The van der Waals surface area contributed by atoms with E-state index in [1.165, 1.54) is 18.4 Å². The number of nitrogen functional groups attached to an aromatic ring is 1. The Kier molecular flexibility index (Phi) is 5.56. The maximum atomic E-state index is 7.40. The molecule has 1 atom stereocenters. The lowest BCUT2D eigenvalue weighted by Crippen LogP contribution is -2.39. The molecule has 0 aromatic heterocycles. The second-order valence-electron chi connectivity index (χ2n) is 5.48. The summed E-state index contributed by atoms with van der Waals surface area (Å²) in [5, 5.41) is 7.40. The zero-order valence-corrected chi connectivity index (χ0v) is 12.3. The Morgan fingerprint density at radius 1 is 1.40 bits per heavy atom. The molecule has 1 aliphatic heterocycles. The number of amidine groups is 1. The molecule has 1 heterocycles. The van der Waals surface area contributed by atoms with Crippen molar-refractivity contribution >= 4 is 5.84 Å². The summed E-state index contributed by atoms with van der Waals surface area (Å²) in [4.78, 5) is 2.45. The molecule has 110 valence electrons. The summed E-state index contributed by atoms with van der Waals surface area (Å²) in [6.45, 7) is 6.13. The van der Waals surface area contributed by atoms with E-state index < -0.39 is 0 Å². The summed E-state index contributed by atoms with van der Waals surface area (Å²) in [5.41, 5.74) is 7.53. The molecular weight excluding hydrogens is 250 g/mol.